The first-order valence-electron chi connectivity index (χ1n) is 8.22. The molecule has 1 aromatic heterocycles. The Morgan fingerprint density at radius 1 is 0.909 bits per heavy atom. The fourth-order valence-corrected chi connectivity index (χ4v) is 2.42. The Morgan fingerprint density at radius 2 is 1.64 bits per heavy atom. The van der Waals surface area contributed by atoms with Crippen LogP contribution in [0.25, 0.3) is 11.3 Å². The Balaban J connectivity index is 1.70. The molecule has 0 radical (unpaired) electrons. The van der Waals surface area contributed by atoms with E-state index >= 15 is 0 Å². The highest BCUT2D eigenvalue weighted by atomic mass is 15.1. The molecule has 0 saturated heterocycles. The second-order valence-electron chi connectivity index (χ2n) is 5.53. The van der Waals surface area contributed by atoms with Crippen LogP contribution in [-0.4, -0.2) is 23.3 Å². The number of hydrogen-bond acceptors (Lipinski definition) is 4. The van der Waals surface area contributed by atoms with Gasteiger partial charge in [0.25, 0.3) is 0 Å². The third-order valence-electron chi connectivity index (χ3n) is 3.68. The highest BCUT2D eigenvalue weighted by Gasteiger charge is 2.01. The molecule has 0 aliphatic heterocycles. The Labute approximate surface area is 133 Å². The van der Waals surface area contributed by atoms with Crippen molar-refractivity contribution in [2.24, 2.45) is 5.73 Å². The van der Waals surface area contributed by atoms with Gasteiger partial charge in [0.1, 0.15) is 0 Å². The van der Waals surface area contributed by atoms with Gasteiger partial charge in [0.15, 0.2) is 0 Å². The Kier molecular flexibility index (Phi) is 7.39. The Bertz CT molecular complexity index is 528. The Morgan fingerprint density at radius 3 is 2.41 bits per heavy atom. The van der Waals surface area contributed by atoms with Gasteiger partial charge in [-0.05, 0) is 25.5 Å². The number of nitrogens with zero attached hydrogens (tertiary/aromatic N) is 2. The first-order chi connectivity index (χ1) is 10.9. The van der Waals surface area contributed by atoms with Crippen molar-refractivity contribution < 1.29 is 0 Å². The molecule has 4 nitrogen and oxygen atoms in total. The molecule has 0 saturated carbocycles. The van der Waals surface area contributed by atoms with Gasteiger partial charge >= 0.3 is 0 Å². The van der Waals surface area contributed by atoms with E-state index in [2.05, 4.69) is 33.7 Å². The van der Waals surface area contributed by atoms with Crippen molar-refractivity contribution in [3.05, 3.63) is 42.6 Å². The minimum Gasteiger partial charge on any atom is -0.384 e. The van der Waals surface area contributed by atoms with Gasteiger partial charge in [0.05, 0.1) is 17.6 Å². The molecule has 1 aromatic carbocycles. The van der Waals surface area contributed by atoms with Crippen molar-refractivity contribution >= 4 is 5.69 Å². The fraction of sp³-hybridized carbons (Fsp3) is 0.444. The van der Waals surface area contributed by atoms with E-state index in [-0.39, 0.29) is 0 Å². The molecule has 4 heteroatoms. The van der Waals surface area contributed by atoms with Crippen LogP contribution < -0.4 is 11.1 Å². The van der Waals surface area contributed by atoms with E-state index in [0.717, 1.165) is 36.5 Å². The summed E-state index contributed by atoms with van der Waals surface area (Å²) in [6, 6.07) is 12.2. The summed E-state index contributed by atoms with van der Waals surface area (Å²) < 4.78 is 0. The quantitative estimate of drug-likeness (QED) is 0.654. The van der Waals surface area contributed by atoms with Crippen LogP contribution in [0.2, 0.25) is 0 Å². The summed E-state index contributed by atoms with van der Waals surface area (Å²) in [7, 11) is 0. The van der Waals surface area contributed by atoms with Crippen LogP contribution in [0.3, 0.4) is 0 Å². The molecule has 0 amide bonds. The monoisotopic (exact) mass is 298 g/mol. The summed E-state index contributed by atoms with van der Waals surface area (Å²) in [6.45, 7) is 1.80. The zero-order valence-corrected chi connectivity index (χ0v) is 13.2. The first-order valence-corrected chi connectivity index (χ1v) is 8.22. The number of nitrogens with two attached hydrogens (primary N) is 1. The SMILES string of the molecule is NCCCCCCCCNc1cnnc(-c2ccccc2)c1. The summed E-state index contributed by atoms with van der Waals surface area (Å²) in [5.74, 6) is 0. The van der Waals surface area contributed by atoms with E-state index in [1.807, 2.05) is 18.2 Å². The Hall–Kier alpha value is -1.94. The van der Waals surface area contributed by atoms with E-state index in [4.69, 9.17) is 5.73 Å². The van der Waals surface area contributed by atoms with Crippen LogP contribution >= 0.6 is 0 Å². The van der Waals surface area contributed by atoms with Crippen molar-refractivity contribution in [3.8, 4) is 11.3 Å². The fourth-order valence-electron chi connectivity index (χ4n) is 2.42. The topological polar surface area (TPSA) is 63.8 Å². The number of rotatable bonds is 10. The highest BCUT2D eigenvalue weighted by molar-refractivity contribution is 5.62. The van der Waals surface area contributed by atoms with Gasteiger partial charge in [-0.3, -0.25) is 0 Å². The molecule has 118 valence electrons. The van der Waals surface area contributed by atoms with Crippen molar-refractivity contribution in [2.75, 3.05) is 18.4 Å². The van der Waals surface area contributed by atoms with Gasteiger partial charge in [-0.2, -0.15) is 10.2 Å². The molecule has 0 fully saturated rings. The number of nitrogens with one attached hydrogen (secondary N) is 1. The van der Waals surface area contributed by atoms with E-state index in [1.54, 1.807) is 6.20 Å². The molecule has 2 rings (SSSR count). The third-order valence-corrected chi connectivity index (χ3v) is 3.68. The van der Waals surface area contributed by atoms with Crippen molar-refractivity contribution in [1.82, 2.24) is 10.2 Å². The predicted molar refractivity (Wildman–Crippen MR) is 92.7 cm³/mol. The zero-order chi connectivity index (χ0) is 15.5. The summed E-state index contributed by atoms with van der Waals surface area (Å²) in [5, 5.41) is 11.7. The van der Waals surface area contributed by atoms with E-state index < -0.39 is 0 Å². The lowest BCUT2D eigenvalue weighted by atomic mass is 10.1. The molecule has 1 heterocycles. The summed E-state index contributed by atoms with van der Waals surface area (Å²) in [6.07, 6.45) is 9.25. The lowest BCUT2D eigenvalue weighted by molar-refractivity contribution is 0.605. The molecule has 0 spiro atoms. The third kappa shape index (κ3) is 5.82. The average Bonchev–Trinajstić information content (AvgIpc) is 2.58. The molecule has 0 atom stereocenters. The van der Waals surface area contributed by atoms with Crippen LogP contribution in [0.1, 0.15) is 38.5 Å². The van der Waals surface area contributed by atoms with Crippen LogP contribution in [-0.2, 0) is 0 Å². The van der Waals surface area contributed by atoms with E-state index in [1.165, 1.54) is 32.1 Å². The van der Waals surface area contributed by atoms with Crippen molar-refractivity contribution in [3.63, 3.8) is 0 Å². The number of unbranched alkanes of at least 4 members (excludes halogenated alkanes) is 5. The normalized spacial score (nSPS) is 10.6. The van der Waals surface area contributed by atoms with Crippen LogP contribution in [0.5, 0.6) is 0 Å². The van der Waals surface area contributed by atoms with Crippen molar-refractivity contribution in [1.29, 1.82) is 0 Å². The molecule has 0 aliphatic carbocycles. The lowest BCUT2D eigenvalue weighted by Gasteiger charge is -2.07. The second kappa shape index (κ2) is 9.90. The van der Waals surface area contributed by atoms with Gasteiger partial charge in [0.2, 0.25) is 0 Å². The van der Waals surface area contributed by atoms with Gasteiger partial charge in [-0.25, -0.2) is 0 Å². The average molecular weight is 298 g/mol. The van der Waals surface area contributed by atoms with Gasteiger partial charge in [0, 0.05) is 12.1 Å². The summed E-state index contributed by atoms with van der Waals surface area (Å²) in [4.78, 5) is 0. The van der Waals surface area contributed by atoms with Crippen LogP contribution in [0, 0.1) is 0 Å². The molecule has 22 heavy (non-hydrogen) atoms. The smallest absolute Gasteiger partial charge is 0.0950 e. The lowest BCUT2D eigenvalue weighted by Crippen LogP contribution is -2.03. The second-order valence-corrected chi connectivity index (χ2v) is 5.53. The maximum Gasteiger partial charge on any atom is 0.0950 e. The highest BCUT2D eigenvalue weighted by Crippen LogP contribution is 2.18. The van der Waals surface area contributed by atoms with Gasteiger partial charge < -0.3 is 11.1 Å². The number of aromatic nitrogens is 2. The maximum absolute atomic E-state index is 5.49. The molecule has 2 aromatic rings. The predicted octanol–water partition coefficient (Wildman–Crippen LogP) is 3.85. The molecule has 0 unspecified atom stereocenters. The minimum atomic E-state index is 0.820. The standard InChI is InChI=1S/C18H26N4/c19-12-8-3-1-2-4-9-13-20-17-14-18(22-21-15-17)16-10-6-5-7-11-16/h5-7,10-11,14-15H,1-4,8-9,12-13,19H2,(H,20,22). The maximum atomic E-state index is 5.49. The van der Waals surface area contributed by atoms with Gasteiger partial charge in [-0.1, -0.05) is 56.0 Å². The molecular weight excluding hydrogens is 272 g/mol. The molecule has 0 aliphatic rings. The van der Waals surface area contributed by atoms with E-state index in [0.29, 0.717) is 0 Å². The zero-order valence-electron chi connectivity index (χ0n) is 13.2. The summed E-state index contributed by atoms with van der Waals surface area (Å²) >= 11 is 0. The van der Waals surface area contributed by atoms with Gasteiger partial charge in [-0.15, -0.1) is 0 Å². The minimum absolute atomic E-state index is 0.820. The van der Waals surface area contributed by atoms with Crippen LogP contribution in [0.15, 0.2) is 42.6 Å². The first kappa shape index (κ1) is 16.4. The number of anilines is 1. The van der Waals surface area contributed by atoms with Crippen LogP contribution in [0.4, 0.5) is 5.69 Å². The van der Waals surface area contributed by atoms with E-state index in [9.17, 15) is 0 Å². The van der Waals surface area contributed by atoms with Crippen molar-refractivity contribution in [2.45, 2.75) is 38.5 Å². The largest absolute Gasteiger partial charge is 0.384 e. The summed E-state index contributed by atoms with van der Waals surface area (Å²) in [5.41, 5.74) is 8.53. The molecule has 0 bridgehead atoms. The number of hydrogen-bond donors (Lipinski definition) is 2. The number of benzene rings is 1. The molecule has 3 N–H and O–H groups in total. The molecular formula is C18H26N4.